The van der Waals surface area contributed by atoms with Gasteiger partial charge in [0.15, 0.2) is 5.82 Å². The van der Waals surface area contributed by atoms with Gasteiger partial charge in [-0.1, -0.05) is 6.07 Å². The third-order valence-corrected chi connectivity index (χ3v) is 3.59. The summed E-state index contributed by atoms with van der Waals surface area (Å²) in [6, 6.07) is 6.05. The van der Waals surface area contributed by atoms with Crippen LogP contribution in [0.2, 0.25) is 0 Å². The molecule has 5 heteroatoms. The van der Waals surface area contributed by atoms with E-state index in [-0.39, 0.29) is 0 Å². The van der Waals surface area contributed by atoms with Gasteiger partial charge in [0.2, 0.25) is 0 Å². The highest BCUT2D eigenvalue weighted by atomic mass is 16.3. The van der Waals surface area contributed by atoms with Crippen LogP contribution in [-0.4, -0.2) is 26.4 Å². The summed E-state index contributed by atoms with van der Waals surface area (Å²) in [5, 5.41) is 17.3. The summed E-state index contributed by atoms with van der Waals surface area (Å²) >= 11 is 0. The number of aromatic nitrogens is 3. The van der Waals surface area contributed by atoms with E-state index in [0.717, 1.165) is 31.6 Å². The van der Waals surface area contributed by atoms with E-state index < -0.39 is 0 Å². The van der Waals surface area contributed by atoms with E-state index >= 15 is 0 Å². The van der Waals surface area contributed by atoms with E-state index in [2.05, 4.69) is 15.4 Å². The summed E-state index contributed by atoms with van der Waals surface area (Å²) < 4.78 is 1.73. The number of fused-ring (bicyclic) bond motifs is 1. The molecule has 100 valence electrons. The van der Waals surface area contributed by atoms with Crippen molar-refractivity contribution in [2.24, 2.45) is 7.05 Å². The van der Waals surface area contributed by atoms with Crippen LogP contribution < -0.4 is 5.32 Å². The van der Waals surface area contributed by atoms with E-state index in [0.29, 0.717) is 11.8 Å². The predicted octanol–water partition coefficient (Wildman–Crippen LogP) is 1.34. The number of hydrogen-bond donors (Lipinski definition) is 2. The lowest BCUT2D eigenvalue weighted by molar-refractivity contribution is 0.474. The van der Waals surface area contributed by atoms with Gasteiger partial charge < -0.3 is 10.4 Å². The topological polar surface area (TPSA) is 63.0 Å². The van der Waals surface area contributed by atoms with Gasteiger partial charge in [-0.15, -0.1) is 0 Å². The van der Waals surface area contributed by atoms with E-state index in [1.807, 2.05) is 19.2 Å². The first-order valence-corrected chi connectivity index (χ1v) is 6.62. The van der Waals surface area contributed by atoms with Crippen LogP contribution in [0.15, 0.2) is 24.5 Å². The van der Waals surface area contributed by atoms with Gasteiger partial charge in [-0.2, -0.15) is 5.10 Å². The van der Waals surface area contributed by atoms with Crippen LogP contribution in [0.1, 0.15) is 29.4 Å². The molecule has 0 aliphatic heterocycles. The molecule has 0 spiro atoms. The molecule has 0 fully saturated rings. The fourth-order valence-electron chi connectivity index (χ4n) is 2.67. The minimum absolute atomic E-state index is 0.358. The Morgan fingerprint density at radius 1 is 1.47 bits per heavy atom. The fourth-order valence-corrected chi connectivity index (χ4v) is 2.67. The Labute approximate surface area is 112 Å². The molecular formula is C14H18N4O. The molecular weight excluding hydrogens is 240 g/mol. The van der Waals surface area contributed by atoms with E-state index in [4.69, 9.17) is 0 Å². The number of nitrogens with one attached hydrogen (secondary N) is 1. The molecule has 0 saturated heterocycles. The number of benzene rings is 1. The summed E-state index contributed by atoms with van der Waals surface area (Å²) in [5.41, 5.74) is 2.57. The van der Waals surface area contributed by atoms with Crippen LogP contribution in [0, 0.1) is 0 Å². The third-order valence-electron chi connectivity index (χ3n) is 3.59. The number of hydrogen-bond acceptors (Lipinski definition) is 4. The first-order chi connectivity index (χ1) is 9.22. The van der Waals surface area contributed by atoms with Crippen molar-refractivity contribution in [1.29, 1.82) is 0 Å². The monoisotopic (exact) mass is 258 g/mol. The van der Waals surface area contributed by atoms with Crippen molar-refractivity contribution in [3.8, 4) is 5.75 Å². The van der Waals surface area contributed by atoms with Gasteiger partial charge in [-0.05, 0) is 36.1 Å². The zero-order valence-electron chi connectivity index (χ0n) is 11.0. The average molecular weight is 258 g/mol. The van der Waals surface area contributed by atoms with Crippen molar-refractivity contribution in [3.05, 3.63) is 41.5 Å². The van der Waals surface area contributed by atoms with Crippen molar-refractivity contribution in [1.82, 2.24) is 20.1 Å². The summed E-state index contributed by atoms with van der Waals surface area (Å²) in [7, 11) is 1.88. The maximum Gasteiger partial charge on any atom is 0.151 e. The van der Waals surface area contributed by atoms with Crippen molar-refractivity contribution >= 4 is 0 Å². The minimum atomic E-state index is 0.358. The van der Waals surface area contributed by atoms with Crippen LogP contribution in [-0.2, 0) is 19.9 Å². The highest BCUT2D eigenvalue weighted by Crippen LogP contribution is 2.32. The number of aryl methyl sites for hydroxylation is 2. The molecule has 1 unspecified atom stereocenters. The molecule has 1 atom stereocenters. The standard InChI is InChI=1S/C14H18N4O/c1-18-9-16-14(17-18)6-7-15-13-5-2-10-8-11(19)3-4-12(10)13/h3-4,8-9,13,15,19H,2,5-7H2,1H3. The van der Waals surface area contributed by atoms with Crippen LogP contribution in [0.5, 0.6) is 5.75 Å². The number of phenolic OH excluding ortho intramolecular Hbond substituents is 1. The molecule has 0 amide bonds. The number of phenols is 1. The zero-order valence-corrected chi connectivity index (χ0v) is 11.0. The van der Waals surface area contributed by atoms with Gasteiger partial charge in [0.05, 0.1) is 0 Å². The Kier molecular flexibility index (Phi) is 3.21. The largest absolute Gasteiger partial charge is 0.508 e. The number of aromatic hydroxyl groups is 1. The molecule has 1 aromatic carbocycles. The molecule has 0 saturated carbocycles. The third kappa shape index (κ3) is 2.61. The second kappa shape index (κ2) is 5.01. The number of nitrogens with zero attached hydrogens (tertiary/aromatic N) is 3. The zero-order chi connectivity index (χ0) is 13.2. The van der Waals surface area contributed by atoms with Crippen LogP contribution in [0.4, 0.5) is 0 Å². The Bertz CT molecular complexity index is 579. The highest BCUT2D eigenvalue weighted by molar-refractivity contribution is 5.39. The lowest BCUT2D eigenvalue weighted by Crippen LogP contribution is -2.22. The summed E-state index contributed by atoms with van der Waals surface area (Å²) in [6.07, 6.45) is 4.69. The Hall–Kier alpha value is -1.88. The van der Waals surface area contributed by atoms with Crippen LogP contribution >= 0.6 is 0 Å². The highest BCUT2D eigenvalue weighted by Gasteiger charge is 2.21. The van der Waals surface area contributed by atoms with Crippen LogP contribution in [0.3, 0.4) is 0 Å². The van der Waals surface area contributed by atoms with E-state index in [9.17, 15) is 5.11 Å². The SMILES string of the molecule is Cn1cnc(CCNC2CCc3cc(O)ccc32)n1. The van der Waals surface area contributed by atoms with Gasteiger partial charge in [-0.25, -0.2) is 4.98 Å². The lowest BCUT2D eigenvalue weighted by atomic mass is 10.1. The van der Waals surface area contributed by atoms with Gasteiger partial charge in [-0.3, -0.25) is 4.68 Å². The molecule has 0 bridgehead atoms. The van der Waals surface area contributed by atoms with Crippen molar-refractivity contribution in [2.75, 3.05) is 6.54 Å². The lowest BCUT2D eigenvalue weighted by Gasteiger charge is -2.13. The van der Waals surface area contributed by atoms with Crippen molar-refractivity contribution < 1.29 is 5.11 Å². The average Bonchev–Trinajstić information content (AvgIpc) is 2.96. The van der Waals surface area contributed by atoms with E-state index in [1.54, 1.807) is 17.1 Å². The Morgan fingerprint density at radius 3 is 3.16 bits per heavy atom. The Balaban J connectivity index is 1.58. The normalized spacial score (nSPS) is 17.6. The Morgan fingerprint density at radius 2 is 2.37 bits per heavy atom. The van der Waals surface area contributed by atoms with Gasteiger partial charge in [0.1, 0.15) is 12.1 Å². The molecule has 2 aromatic rings. The summed E-state index contributed by atoms with van der Waals surface area (Å²) in [5.74, 6) is 1.23. The first-order valence-electron chi connectivity index (χ1n) is 6.62. The second-order valence-corrected chi connectivity index (χ2v) is 5.01. The molecule has 2 N–H and O–H groups in total. The molecule has 5 nitrogen and oxygen atoms in total. The summed E-state index contributed by atoms with van der Waals surface area (Å²) in [6.45, 7) is 0.870. The van der Waals surface area contributed by atoms with Crippen LogP contribution in [0.25, 0.3) is 0 Å². The molecule has 1 aliphatic rings. The smallest absolute Gasteiger partial charge is 0.151 e. The number of rotatable bonds is 4. The van der Waals surface area contributed by atoms with E-state index in [1.165, 1.54) is 11.1 Å². The molecule has 3 rings (SSSR count). The molecule has 1 aliphatic carbocycles. The van der Waals surface area contributed by atoms with Crippen molar-refractivity contribution in [3.63, 3.8) is 0 Å². The molecule has 1 aromatic heterocycles. The first kappa shape index (κ1) is 12.2. The predicted molar refractivity (Wildman–Crippen MR) is 71.9 cm³/mol. The van der Waals surface area contributed by atoms with Gasteiger partial charge in [0, 0.05) is 26.1 Å². The molecule has 0 radical (unpaired) electrons. The molecule has 1 heterocycles. The second-order valence-electron chi connectivity index (χ2n) is 5.01. The fraction of sp³-hybridized carbons (Fsp3) is 0.429. The van der Waals surface area contributed by atoms with Gasteiger partial charge in [0.25, 0.3) is 0 Å². The minimum Gasteiger partial charge on any atom is -0.508 e. The maximum absolute atomic E-state index is 9.47. The molecule has 19 heavy (non-hydrogen) atoms. The quantitative estimate of drug-likeness (QED) is 0.868. The van der Waals surface area contributed by atoms with Gasteiger partial charge >= 0.3 is 0 Å². The van der Waals surface area contributed by atoms with Crippen molar-refractivity contribution in [2.45, 2.75) is 25.3 Å². The summed E-state index contributed by atoms with van der Waals surface area (Å²) in [4.78, 5) is 4.21. The maximum atomic E-state index is 9.47.